The summed E-state index contributed by atoms with van der Waals surface area (Å²) in [6.45, 7) is 7.41. The van der Waals surface area contributed by atoms with Crippen LogP contribution in [0.2, 0.25) is 0 Å². The molecule has 0 radical (unpaired) electrons. The highest BCUT2D eigenvalue weighted by atomic mass is 32.3. The Balaban J connectivity index is 1.41. The summed E-state index contributed by atoms with van der Waals surface area (Å²) in [6, 6.07) is 0. The fourth-order valence-electron chi connectivity index (χ4n) is 8.98. The van der Waals surface area contributed by atoms with Gasteiger partial charge in [-0.15, -0.1) is 0 Å². The normalized spacial score (nSPS) is 47.2. The highest BCUT2D eigenvalue weighted by Crippen LogP contribution is 2.68. The van der Waals surface area contributed by atoms with Gasteiger partial charge in [-0.1, -0.05) is 20.8 Å². The lowest BCUT2D eigenvalue weighted by atomic mass is 9.44. The van der Waals surface area contributed by atoms with Crippen LogP contribution in [0.4, 0.5) is 0 Å². The van der Waals surface area contributed by atoms with Gasteiger partial charge in [0.05, 0.1) is 12.7 Å². The molecule has 30 heavy (non-hydrogen) atoms. The average molecular weight is 442 g/mol. The first kappa shape index (κ1) is 23.0. The van der Waals surface area contributed by atoms with Gasteiger partial charge in [0.25, 0.3) is 0 Å². The molecule has 174 valence electrons. The van der Waals surface area contributed by atoms with Gasteiger partial charge >= 0.3 is 0 Å². The summed E-state index contributed by atoms with van der Waals surface area (Å²) in [5.41, 5.74) is 0.817. The van der Waals surface area contributed by atoms with E-state index >= 15 is 0 Å². The first-order chi connectivity index (χ1) is 14.0. The Bertz CT molecular complexity index is 723. The van der Waals surface area contributed by atoms with E-state index in [0.29, 0.717) is 35.0 Å². The van der Waals surface area contributed by atoms with Crippen molar-refractivity contribution in [3.63, 3.8) is 0 Å². The Morgan fingerprint density at radius 2 is 1.73 bits per heavy atom. The Labute approximate surface area is 183 Å². The molecule has 0 saturated heterocycles. The lowest BCUT2D eigenvalue weighted by molar-refractivity contribution is -0.129. The molecule has 0 heterocycles. The topological polar surface area (TPSA) is 86.7 Å². The number of rotatable bonds is 6. The van der Waals surface area contributed by atoms with Crippen LogP contribution in [0.1, 0.15) is 91.4 Å². The predicted octanol–water partition coefficient (Wildman–Crippen LogP) is 4.90. The number of hydrogen-bond acceptors (Lipinski definition) is 5. The van der Waals surface area contributed by atoms with Crippen molar-refractivity contribution in [2.45, 2.75) is 97.5 Å². The Morgan fingerprint density at radius 1 is 1.03 bits per heavy atom. The summed E-state index contributed by atoms with van der Waals surface area (Å²) >= 11 is 0. The molecular weight excluding hydrogens is 400 g/mol. The third kappa shape index (κ3) is 4.11. The van der Waals surface area contributed by atoms with Crippen molar-refractivity contribution in [3.8, 4) is 0 Å². The molecule has 0 bridgehead atoms. The number of hydrogen-bond donors (Lipinski definition) is 1. The van der Waals surface area contributed by atoms with E-state index in [1.54, 1.807) is 0 Å². The summed E-state index contributed by atoms with van der Waals surface area (Å²) in [5.74, 6) is 4.40. The summed E-state index contributed by atoms with van der Waals surface area (Å²) in [6.07, 6.45) is 12.6. The third-order valence-electron chi connectivity index (χ3n) is 10.4. The summed E-state index contributed by atoms with van der Waals surface area (Å²) in [4.78, 5) is 0. The Hall–Kier alpha value is -0.170. The second-order valence-electron chi connectivity index (χ2n) is 11.7. The van der Waals surface area contributed by atoms with Gasteiger partial charge in [-0.3, -0.25) is 4.18 Å². The van der Waals surface area contributed by atoms with E-state index in [1.165, 1.54) is 44.9 Å². The van der Waals surface area contributed by atoms with Crippen molar-refractivity contribution in [3.05, 3.63) is 0 Å². The van der Waals surface area contributed by atoms with Crippen LogP contribution in [0.5, 0.6) is 0 Å². The van der Waals surface area contributed by atoms with Crippen molar-refractivity contribution >= 4 is 10.4 Å². The van der Waals surface area contributed by atoms with Crippen molar-refractivity contribution in [1.29, 1.82) is 0 Å². The zero-order valence-corrected chi connectivity index (χ0v) is 19.8. The zero-order chi connectivity index (χ0) is 21.7. The predicted molar refractivity (Wildman–Crippen MR) is 115 cm³/mol. The number of aliphatic hydroxyl groups is 1. The zero-order valence-electron chi connectivity index (χ0n) is 19.0. The maximum Gasteiger partial charge on any atom is 0.217 e. The molecule has 0 aromatic rings. The summed E-state index contributed by atoms with van der Waals surface area (Å²) in [7, 11) is -4.57. The van der Waals surface area contributed by atoms with Crippen molar-refractivity contribution in [2.75, 3.05) is 6.61 Å². The van der Waals surface area contributed by atoms with Crippen LogP contribution >= 0.6 is 0 Å². The fourth-order valence-corrected chi connectivity index (χ4v) is 9.30. The molecule has 4 rings (SSSR count). The SMILES string of the molecule is C[C@H](CCCOS(=O)(=O)[O-])[C@H]1CCC2C3CC[C@@H]4C[C@@H](O)CC[C@]4(C)C3CC[C@@]21C. The molecule has 4 aliphatic rings. The van der Waals surface area contributed by atoms with Crippen LogP contribution in [0.15, 0.2) is 0 Å². The van der Waals surface area contributed by atoms with Gasteiger partial charge in [-0.2, -0.15) is 0 Å². The summed E-state index contributed by atoms with van der Waals surface area (Å²) in [5, 5.41) is 10.2. The fraction of sp³-hybridized carbons (Fsp3) is 1.00. The first-order valence-electron chi connectivity index (χ1n) is 12.3. The molecule has 0 aromatic carbocycles. The van der Waals surface area contributed by atoms with E-state index in [0.717, 1.165) is 37.0 Å². The molecule has 4 aliphatic carbocycles. The van der Waals surface area contributed by atoms with Gasteiger partial charge in [0, 0.05) is 0 Å². The molecule has 6 heteroatoms. The van der Waals surface area contributed by atoms with Gasteiger partial charge < -0.3 is 9.66 Å². The maximum absolute atomic E-state index is 10.7. The van der Waals surface area contributed by atoms with Crippen molar-refractivity contribution < 1.29 is 22.3 Å². The van der Waals surface area contributed by atoms with Crippen LogP contribution in [0.25, 0.3) is 0 Å². The smallest absolute Gasteiger partial charge is 0.217 e. The van der Waals surface area contributed by atoms with E-state index < -0.39 is 10.4 Å². The van der Waals surface area contributed by atoms with E-state index in [9.17, 15) is 18.1 Å². The lowest BCUT2D eigenvalue weighted by Gasteiger charge is -2.61. The molecule has 9 atom stereocenters. The van der Waals surface area contributed by atoms with Crippen LogP contribution in [-0.2, 0) is 14.6 Å². The molecule has 4 fully saturated rings. The molecule has 5 nitrogen and oxygen atoms in total. The van der Waals surface area contributed by atoms with Crippen molar-refractivity contribution in [2.24, 2.45) is 46.3 Å². The van der Waals surface area contributed by atoms with E-state index in [1.807, 2.05) is 0 Å². The monoisotopic (exact) mass is 441 g/mol. The van der Waals surface area contributed by atoms with Crippen LogP contribution < -0.4 is 0 Å². The molecule has 0 spiro atoms. The van der Waals surface area contributed by atoms with E-state index in [-0.39, 0.29) is 12.7 Å². The maximum atomic E-state index is 10.7. The molecule has 0 amide bonds. The third-order valence-corrected chi connectivity index (χ3v) is 10.9. The minimum atomic E-state index is -4.57. The van der Waals surface area contributed by atoms with E-state index in [4.69, 9.17) is 0 Å². The summed E-state index contributed by atoms with van der Waals surface area (Å²) < 4.78 is 36.4. The number of aliphatic hydroxyl groups excluding tert-OH is 1. The average Bonchev–Trinajstić information content (AvgIpc) is 3.02. The lowest BCUT2D eigenvalue weighted by Crippen LogP contribution is -2.54. The highest BCUT2D eigenvalue weighted by Gasteiger charge is 2.60. The second-order valence-corrected chi connectivity index (χ2v) is 12.7. The molecule has 4 saturated carbocycles. The van der Waals surface area contributed by atoms with Gasteiger partial charge in [0.2, 0.25) is 10.4 Å². The van der Waals surface area contributed by atoms with Crippen LogP contribution in [0, 0.1) is 46.3 Å². The largest absolute Gasteiger partial charge is 0.726 e. The standard InChI is InChI=1S/C24H42O5S/c1-16(5-4-14-29-30(26,27)28)20-8-9-21-19-7-6-17-15-18(25)10-12-23(17,2)22(19)11-13-24(20,21)3/h16-22,25H,4-15H2,1-3H3,(H,26,27,28)/p-1/t16-,17-,18+,19?,20-,21?,22?,23+,24-/m1/s1. The Morgan fingerprint density at radius 3 is 2.47 bits per heavy atom. The molecule has 0 aliphatic heterocycles. The molecule has 0 aromatic heterocycles. The second kappa shape index (κ2) is 8.31. The first-order valence-corrected chi connectivity index (χ1v) is 13.7. The van der Waals surface area contributed by atoms with Crippen LogP contribution in [-0.4, -0.2) is 30.8 Å². The van der Waals surface area contributed by atoms with Crippen molar-refractivity contribution in [1.82, 2.24) is 0 Å². The van der Waals surface area contributed by atoms with Gasteiger partial charge in [0.15, 0.2) is 0 Å². The highest BCUT2D eigenvalue weighted by molar-refractivity contribution is 7.80. The molecule has 3 unspecified atom stereocenters. The molecule has 1 N–H and O–H groups in total. The minimum Gasteiger partial charge on any atom is -0.726 e. The van der Waals surface area contributed by atoms with Gasteiger partial charge in [-0.05, 0) is 117 Å². The number of fused-ring (bicyclic) bond motifs is 5. The Kier molecular flexibility index (Phi) is 6.37. The quantitative estimate of drug-likeness (QED) is 0.360. The van der Waals surface area contributed by atoms with E-state index in [2.05, 4.69) is 25.0 Å². The van der Waals surface area contributed by atoms with Gasteiger partial charge in [0.1, 0.15) is 0 Å². The van der Waals surface area contributed by atoms with Crippen LogP contribution in [0.3, 0.4) is 0 Å². The van der Waals surface area contributed by atoms with Gasteiger partial charge in [-0.25, -0.2) is 8.42 Å². The minimum absolute atomic E-state index is 0.0132. The molecular formula is C24H41O5S-.